The van der Waals surface area contributed by atoms with Crippen molar-refractivity contribution in [3.63, 3.8) is 0 Å². The van der Waals surface area contributed by atoms with Crippen molar-refractivity contribution in [3.05, 3.63) is 0 Å². The van der Waals surface area contributed by atoms with Crippen LogP contribution in [0.5, 0.6) is 0 Å². The van der Waals surface area contributed by atoms with Crippen LogP contribution in [0, 0.1) is 0 Å². The highest BCUT2D eigenvalue weighted by Crippen LogP contribution is 2.23. The van der Waals surface area contributed by atoms with Gasteiger partial charge < -0.3 is 21.1 Å². The average molecular weight is 271 g/mol. The predicted octanol–water partition coefficient (Wildman–Crippen LogP) is 0.289. The van der Waals surface area contributed by atoms with E-state index in [1.165, 1.54) is 4.90 Å². The Bertz CT molecular complexity index is 353. The molecule has 0 aliphatic heterocycles. The van der Waals surface area contributed by atoms with E-state index in [9.17, 15) is 14.4 Å². The Hall–Kier alpha value is -1.79. The molecule has 1 rings (SSSR count). The molecule has 1 unspecified atom stereocenters. The molecule has 4 N–H and O–H groups in total. The first-order chi connectivity index (χ1) is 8.90. The quantitative estimate of drug-likeness (QED) is 0.644. The molecule has 7 nitrogen and oxygen atoms in total. The highest BCUT2D eigenvalue weighted by atomic mass is 16.4. The second kappa shape index (κ2) is 6.96. The Morgan fingerprint density at radius 2 is 1.95 bits per heavy atom. The maximum Gasteiger partial charge on any atom is 0.318 e. The number of hydrogen-bond acceptors (Lipinski definition) is 3. The molecule has 0 aromatic carbocycles. The Morgan fingerprint density at radius 3 is 2.42 bits per heavy atom. The van der Waals surface area contributed by atoms with E-state index in [1.54, 1.807) is 6.92 Å². The van der Waals surface area contributed by atoms with Crippen LogP contribution in [0.1, 0.15) is 39.0 Å². The molecule has 1 fully saturated rings. The van der Waals surface area contributed by atoms with Crippen molar-refractivity contribution in [1.29, 1.82) is 0 Å². The van der Waals surface area contributed by atoms with Gasteiger partial charge in [-0.15, -0.1) is 0 Å². The zero-order valence-corrected chi connectivity index (χ0v) is 11.1. The van der Waals surface area contributed by atoms with Gasteiger partial charge in [-0.3, -0.25) is 9.59 Å². The predicted molar refractivity (Wildman–Crippen MR) is 68.4 cm³/mol. The van der Waals surface area contributed by atoms with Crippen LogP contribution in [-0.2, 0) is 9.59 Å². The molecule has 0 bridgehead atoms. The second-order valence-electron chi connectivity index (χ2n) is 4.98. The van der Waals surface area contributed by atoms with E-state index in [1.807, 2.05) is 0 Å². The number of nitrogens with two attached hydrogens (primary N) is 1. The molecule has 0 spiro atoms. The summed E-state index contributed by atoms with van der Waals surface area (Å²) >= 11 is 0. The minimum absolute atomic E-state index is 0.0181. The zero-order chi connectivity index (χ0) is 14.4. The van der Waals surface area contributed by atoms with E-state index >= 15 is 0 Å². The fraction of sp³-hybridized carbons (Fsp3) is 0.750. The molecule has 19 heavy (non-hydrogen) atoms. The summed E-state index contributed by atoms with van der Waals surface area (Å²) in [5, 5.41) is 11.2. The number of urea groups is 1. The molecule has 0 aromatic heterocycles. The van der Waals surface area contributed by atoms with E-state index in [0.29, 0.717) is 0 Å². The van der Waals surface area contributed by atoms with Crippen molar-refractivity contribution in [1.82, 2.24) is 10.2 Å². The number of amides is 3. The van der Waals surface area contributed by atoms with Crippen molar-refractivity contribution < 1.29 is 19.5 Å². The molecule has 3 amide bonds. The standard InChI is InChI=1S/C12H21N3O4/c1-8(6-11(17)18)14-12(19)15(7-10(13)16)9-4-2-3-5-9/h8-9H,2-7H2,1H3,(H2,13,16)(H,14,19)(H,17,18). The number of carbonyl (C=O) groups is 3. The summed E-state index contributed by atoms with van der Waals surface area (Å²) < 4.78 is 0. The van der Waals surface area contributed by atoms with Crippen LogP contribution >= 0.6 is 0 Å². The van der Waals surface area contributed by atoms with Gasteiger partial charge in [0.05, 0.1) is 6.42 Å². The van der Waals surface area contributed by atoms with Crippen LogP contribution in [0.25, 0.3) is 0 Å². The Morgan fingerprint density at radius 1 is 1.37 bits per heavy atom. The molecular weight excluding hydrogens is 250 g/mol. The van der Waals surface area contributed by atoms with Gasteiger partial charge in [0.15, 0.2) is 0 Å². The first-order valence-corrected chi connectivity index (χ1v) is 6.47. The molecule has 108 valence electrons. The normalized spacial score (nSPS) is 16.9. The number of carboxylic acids is 1. The Kier molecular flexibility index (Phi) is 5.59. The molecule has 1 atom stereocenters. The summed E-state index contributed by atoms with van der Waals surface area (Å²) in [5.74, 6) is -1.54. The highest BCUT2D eigenvalue weighted by Gasteiger charge is 2.28. The minimum atomic E-state index is -0.977. The molecule has 0 aromatic rings. The summed E-state index contributed by atoms with van der Waals surface area (Å²) in [6.07, 6.45) is 3.61. The molecule has 7 heteroatoms. The third-order valence-corrected chi connectivity index (χ3v) is 3.20. The number of aliphatic carboxylic acids is 1. The molecule has 1 aliphatic rings. The number of primary amides is 1. The molecular formula is C12H21N3O4. The van der Waals surface area contributed by atoms with Gasteiger partial charge in [-0.2, -0.15) is 0 Å². The SMILES string of the molecule is CC(CC(=O)O)NC(=O)N(CC(N)=O)C1CCCC1. The van der Waals surface area contributed by atoms with E-state index < -0.39 is 23.9 Å². The van der Waals surface area contributed by atoms with Crippen molar-refractivity contribution in [3.8, 4) is 0 Å². The molecule has 0 radical (unpaired) electrons. The van der Waals surface area contributed by atoms with Crippen LogP contribution in [0.15, 0.2) is 0 Å². The molecule has 0 saturated heterocycles. The number of carbonyl (C=O) groups excluding carboxylic acids is 2. The Labute approximate surface area is 112 Å². The minimum Gasteiger partial charge on any atom is -0.481 e. The van der Waals surface area contributed by atoms with Gasteiger partial charge in [0, 0.05) is 12.1 Å². The van der Waals surface area contributed by atoms with E-state index in [0.717, 1.165) is 25.7 Å². The number of nitrogens with one attached hydrogen (secondary N) is 1. The lowest BCUT2D eigenvalue weighted by atomic mass is 10.2. The largest absolute Gasteiger partial charge is 0.481 e. The van der Waals surface area contributed by atoms with E-state index in [4.69, 9.17) is 10.8 Å². The number of hydrogen-bond donors (Lipinski definition) is 3. The van der Waals surface area contributed by atoms with Crippen molar-refractivity contribution in [2.45, 2.75) is 51.1 Å². The van der Waals surface area contributed by atoms with Gasteiger partial charge in [-0.25, -0.2) is 4.79 Å². The van der Waals surface area contributed by atoms with Crippen molar-refractivity contribution in [2.24, 2.45) is 5.73 Å². The van der Waals surface area contributed by atoms with Crippen LogP contribution < -0.4 is 11.1 Å². The lowest BCUT2D eigenvalue weighted by molar-refractivity contribution is -0.137. The summed E-state index contributed by atoms with van der Waals surface area (Å²) in [5.41, 5.74) is 5.16. The van der Waals surface area contributed by atoms with Gasteiger partial charge >= 0.3 is 12.0 Å². The zero-order valence-electron chi connectivity index (χ0n) is 11.1. The van der Waals surface area contributed by atoms with Crippen molar-refractivity contribution >= 4 is 17.9 Å². The van der Waals surface area contributed by atoms with E-state index in [-0.39, 0.29) is 19.0 Å². The number of nitrogens with zero attached hydrogens (tertiary/aromatic N) is 1. The third-order valence-electron chi connectivity index (χ3n) is 3.20. The summed E-state index contributed by atoms with van der Waals surface area (Å²) in [6, 6.07) is -0.884. The van der Waals surface area contributed by atoms with Gasteiger partial charge in [-0.05, 0) is 19.8 Å². The lowest BCUT2D eigenvalue weighted by Gasteiger charge is -2.29. The maximum atomic E-state index is 12.1. The van der Waals surface area contributed by atoms with Gasteiger partial charge in [0.2, 0.25) is 5.91 Å². The fourth-order valence-electron chi connectivity index (χ4n) is 2.36. The van der Waals surface area contributed by atoms with Gasteiger partial charge in [-0.1, -0.05) is 12.8 Å². The summed E-state index contributed by atoms with van der Waals surface area (Å²) in [6.45, 7) is 1.49. The van der Waals surface area contributed by atoms with Crippen LogP contribution in [0.2, 0.25) is 0 Å². The first kappa shape index (κ1) is 15.3. The van der Waals surface area contributed by atoms with Gasteiger partial charge in [0.25, 0.3) is 0 Å². The maximum absolute atomic E-state index is 12.1. The van der Waals surface area contributed by atoms with Crippen LogP contribution in [0.4, 0.5) is 4.79 Å². The number of carboxylic acid groups (broad SMARTS) is 1. The van der Waals surface area contributed by atoms with Gasteiger partial charge in [0.1, 0.15) is 6.54 Å². The monoisotopic (exact) mass is 271 g/mol. The topological polar surface area (TPSA) is 113 Å². The molecule has 1 saturated carbocycles. The van der Waals surface area contributed by atoms with Crippen LogP contribution in [0.3, 0.4) is 0 Å². The second-order valence-corrected chi connectivity index (χ2v) is 4.98. The first-order valence-electron chi connectivity index (χ1n) is 6.47. The number of rotatable bonds is 6. The van der Waals surface area contributed by atoms with Crippen molar-refractivity contribution in [2.75, 3.05) is 6.54 Å². The van der Waals surface area contributed by atoms with E-state index in [2.05, 4.69) is 5.32 Å². The van der Waals surface area contributed by atoms with Crippen LogP contribution in [-0.4, -0.2) is 46.5 Å². The third kappa shape index (κ3) is 5.15. The molecule has 1 aliphatic carbocycles. The lowest BCUT2D eigenvalue weighted by Crippen LogP contribution is -2.51. The molecule has 0 heterocycles. The summed E-state index contributed by atoms with van der Waals surface area (Å²) in [4.78, 5) is 35.1. The Balaban J connectivity index is 2.60. The highest BCUT2D eigenvalue weighted by molar-refractivity contribution is 5.83. The summed E-state index contributed by atoms with van der Waals surface area (Å²) in [7, 11) is 0. The smallest absolute Gasteiger partial charge is 0.318 e. The fourth-order valence-corrected chi connectivity index (χ4v) is 2.36. The average Bonchev–Trinajstić information content (AvgIpc) is 2.77.